The van der Waals surface area contributed by atoms with E-state index >= 15 is 0 Å². The molecule has 3 aromatic rings. The maximum Gasteiger partial charge on any atom is 0.130 e. The molecule has 0 unspecified atom stereocenters. The largest absolute Gasteiger partial charge is 0.497 e. The van der Waals surface area contributed by atoms with E-state index in [1.165, 1.54) is 5.69 Å². The van der Waals surface area contributed by atoms with Crippen LogP contribution in [0.1, 0.15) is 24.4 Å². The summed E-state index contributed by atoms with van der Waals surface area (Å²) < 4.78 is 12.2. The van der Waals surface area contributed by atoms with Gasteiger partial charge in [0.1, 0.15) is 38.7 Å². The molecule has 1 aliphatic rings. The average molecular weight is 487 g/mol. The Morgan fingerprint density at radius 1 is 1.11 bits per heavy atom. The number of anilines is 2. The number of hydrogen-bond donors (Lipinski definition) is 1. The standard InChI is InChI=1S/C21H22IN5O/c1-13(15-6-5-7-17(10-15)28-4)23-21-12-19(24-14(2)25-21)16-8-9-18-20(11-16)27(3)22-26-18/h5-13H,1-4H3,(H,23,24,25)/t13-/m0/s1. The lowest BCUT2D eigenvalue weighted by Gasteiger charge is -2.17. The summed E-state index contributed by atoms with van der Waals surface area (Å²) in [5, 5.41) is 3.49. The highest BCUT2D eigenvalue weighted by molar-refractivity contribution is 14.2. The minimum Gasteiger partial charge on any atom is -0.497 e. The molecule has 1 aliphatic heterocycles. The maximum atomic E-state index is 5.33. The molecule has 0 radical (unpaired) electrons. The topological polar surface area (TPSA) is 62.6 Å². The Hall–Kier alpha value is -2.55. The van der Waals surface area contributed by atoms with Crippen molar-refractivity contribution in [1.29, 1.82) is 0 Å². The van der Waals surface area contributed by atoms with Crippen LogP contribution in [0.4, 0.5) is 17.2 Å². The number of benzene rings is 2. The van der Waals surface area contributed by atoms with E-state index in [-0.39, 0.29) is 27.3 Å². The predicted molar refractivity (Wildman–Crippen MR) is 122 cm³/mol. The zero-order chi connectivity index (χ0) is 19.7. The quantitative estimate of drug-likeness (QED) is 0.365. The van der Waals surface area contributed by atoms with Crippen LogP contribution in [-0.4, -0.2) is 24.1 Å². The minimum atomic E-state index is -0.286. The molecule has 4 rings (SSSR count). The first-order valence-corrected chi connectivity index (χ1v) is 11.0. The van der Waals surface area contributed by atoms with Gasteiger partial charge in [-0.2, -0.15) is 0 Å². The van der Waals surface area contributed by atoms with Crippen molar-refractivity contribution in [3.8, 4) is 17.0 Å². The van der Waals surface area contributed by atoms with Gasteiger partial charge in [-0.25, -0.2) is 13.1 Å². The van der Waals surface area contributed by atoms with Crippen LogP contribution in [0.5, 0.6) is 5.75 Å². The number of halogens is 1. The molecule has 1 aromatic heterocycles. The molecular weight excluding hydrogens is 465 g/mol. The smallest absolute Gasteiger partial charge is 0.130 e. The van der Waals surface area contributed by atoms with Crippen LogP contribution in [0.15, 0.2) is 51.7 Å². The average Bonchev–Trinajstić information content (AvgIpc) is 3.08. The van der Waals surface area contributed by atoms with E-state index in [1.54, 1.807) is 7.11 Å². The SMILES string of the molecule is COc1cccc([C@H](C)Nc2cc(-c3ccc4c(c3)N(C)I=N4)nc(C)n2)c1. The van der Waals surface area contributed by atoms with Crippen molar-refractivity contribution in [3.63, 3.8) is 0 Å². The number of aromatic nitrogens is 2. The second-order valence-corrected chi connectivity index (χ2v) is 9.03. The number of ether oxygens (including phenoxy) is 1. The van der Waals surface area contributed by atoms with Gasteiger partial charge in [-0.05, 0) is 43.7 Å². The molecular formula is C21H22IN5O. The molecule has 0 amide bonds. The Labute approximate surface area is 175 Å². The van der Waals surface area contributed by atoms with E-state index in [0.29, 0.717) is 0 Å². The summed E-state index contributed by atoms with van der Waals surface area (Å²) in [6, 6.07) is 16.5. The minimum absolute atomic E-state index is 0.0898. The molecule has 0 aliphatic carbocycles. The molecule has 0 saturated heterocycles. The lowest BCUT2D eigenvalue weighted by Crippen LogP contribution is -2.09. The van der Waals surface area contributed by atoms with Crippen LogP contribution in [-0.2, 0) is 0 Å². The molecule has 28 heavy (non-hydrogen) atoms. The van der Waals surface area contributed by atoms with E-state index < -0.39 is 0 Å². The third-order valence-electron chi connectivity index (χ3n) is 4.64. The molecule has 144 valence electrons. The van der Waals surface area contributed by atoms with Gasteiger partial charge in [0.05, 0.1) is 30.2 Å². The van der Waals surface area contributed by atoms with Crippen LogP contribution in [0.25, 0.3) is 11.3 Å². The first-order chi connectivity index (χ1) is 13.5. The number of aryl methyl sites for hydroxylation is 1. The molecule has 1 N–H and O–H groups in total. The Morgan fingerprint density at radius 3 is 2.79 bits per heavy atom. The summed E-state index contributed by atoms with van der Waals surface area (Å²) in [6.07, 6.45) is 0. The fourth-order valence-corrected chi connectivity index (χ4v) is 4.73. The first kappa shape index (κ1) is 18.8. The van der Waals surface area contributed by atoms with Crippen molar-refractivity contribution in [1.82, 2.24) is 9.97 Å². The number of methoxy groups -OCH3 is 1. The summed E-state index contributed by atoms with van der Waals surface area (Å²) >= 11 is -0.286. The molecule has 1 atom stereocenters. The summed E-state index contributed by atoms with van der Waals surface area (Å²) in [7, 11) is 3.78. The van der Waals surface area contributed by atoms with Gasteiger partial charge in [0.2, 0.25) is 0 Å². The van der Waals surface area contributed by atoms with E-state index in [1.807, 2.05) is 31.2 Å². The van der Waals surface area contributed by atoms with Crippen LogP contribution in [0.2, 0.25) is 0 Å². The molecule has 6 nitrogen and oxygen atoms in total. The molecule has 7 heteroatoms. The molecule has 2 aromatic carbocycles. The second kappa shape index (κ2) is 7.83. The Balaban J connectivity index is 1.62. The van der Waals surface area contributed by atoms with Crippen LogP contribution in [0, 0.1) is 6.92 Å². The summed E-state index contributed by atoms with van der Waals surface area (Å²) in [5.74, 6) is 2.40. The fraction of sp³-hybridized carbons (Fsp3) is 0.238. The molecule has 2 heterocycles. The predicted octanol–water partition coefficient (Wildman–Crippen LogP) is 5.78. The zero-order valence-electron chi connectivity index (χ0n) is 16.3. The summed E-state index contributed by atoms with van der Waals surface area (Å²) in [6.45, 7) is 4.03. The lowest BCUT2D eigenvalue weighted by molar-refractivity contribution is 0.414. The Kier molecular flexibility index (Phi) is 5.25. The highest BCUT2D eigenvalue weighted by Gasteiger charge is 2.15. The van der Waals surface area contributed by atoms with Crippen molar-refractivity contribution in [2.24, 2.45) is 3.15 Å². The van der Waals surface area contributed by atoms with E-state index in [9.17, 15) is 0 Å². The summed E-state index contributed by atoms with van der Waals surface area (Å²) in [4.78, 5) is 9.23. The highest BCUT2D eigenvalue weighted by Crippen LogP contribution is 2.43. The van der Waals surface area contributed by atoms with Gasteiger partial charge in [-0.3, -0.25) is 0 Å². The highest BCUT2D eigenvalue weighted by atomic mass is 127. The molecule has 0 saturated carbocycles. The number of fused-ring (bicyclic) bond motifs is 1. The van der Waals surface area contributed by atoms with Crippen LogP contribution in [0.3, 0.4) is 0 Å². The van der Waals surface area contributed by atoms with Gasteiger partial charge in [0, 0.05) is 18.7 Å². The normalized spacial score (nSPS) is 13.6. The van der Waals surface area contributed by atoms with E-state index in [4.69, 9.17) is 4.74 Å². The van der Waals surface area contributed by atoms with Gasteiger partial charge >= 0.3 is 0 Å². The molecule has 0 fully saturated rings. The number of hydrogen-bond acceptors (Lipinski definition) is 6. The fourth-order valence-electron chi connectivity index (χ4n) is 3.14. The van der Waals surface area contributed by atoms with Crippen molar-refractivity contribution in [3.05, 3.63) is 59.9 Å². The van der Waals surface area contributed by atoms with Gasteiger partial charge in [-0.1, -0.05) is 18.2 Å². The van der Waals surface area contributed by atoms with Gasteiger partial charge in [0.15, 0.2) is 0 Å². The second-order valence-electron chi connectivity index (χ2n) is 6.67. The lowest BCUT2D eigenvalue weighted by atomic mass is 10.1. The Bertz CT molecular complexity index is 1050. The number of nitrogens with one attached hydrogen (secondary N) is 1. The third kappa shape index (κ3) is 3.84. The van der Waals surface area contributed by atoms with Crippen molar-refractivity contribution in [2.75, 3.05) is 22.6 Å². The van der Waals surface area contributed by atoms with E-state index in [2.05, 4.69) is 59.8 Å². The third-order valence-corrected chi connectivity index (χ3v) is 6.54. The monoisotopic (exact) mass is 487 g/mol. The van der Waals surface area contributed by atoms with Gasteiger partial charge in [0.25, 0.3) is 0 Å². The summed E-state index contributed by atoms with van der Waals surface area (Å²) in [5.41, 5.74) is 5.39. The molecule has 0 spiro atoms. The van der Waals surface area contributed by atoms with Crippen molar-refractivity contribution < 1.29 is 4.74 Å². The van der Waals surface area contributed by atoms with Crippen LogP contribution < -0.4 is 13.2 Å². The van der Waals surface area contributed by atoms with Gasteiger partial charge in [-0.15, -0.1) is 0 Å². The van der Waals surface area contributed by atoms with E-state index in [0.717, 1.165) is 39.9 Å². The van der Waals surface area contributed by atoms with Crippen molar-refractivity contribution in [2.45, 2.75) is 19.9 Å². The first-order valence-electron chi connectivity index (χ1n) is 9.03. The van der Waals surface area contributed by atoms with Gasteiger partial charge < -0.3 is 13.2 Å². The molecule has 0 bridgehead atoms. The number of rotatable bonds is 5. The van der Waals surface area contributed by atoms with Crippen LogP contribution >= 0.6 is 21.3 Å². The Morgan fingerprint density at radius 2 is 1.96 bits per heavy atom. The number of nitrogens with zero attached hydrogens (tertiary/aromatic N) is 4. The zero-order valence-corrected chi connectivity index (χ0v) is 18.4. The maximum absolute atomic E-state index is 5.33. The van der Waals surface area contributed by atoms with Crippen molar-refractivity contribution >= 4 is 38.5 Å².